The smallest absolute Gasteiger partial charge is 0.314 e. The summed E-state index contributed by atoms with van der Waals surface area (Å²) in [5.41, 5.74) is 5.53. The van der Waals surface area contributed by atoms with Crippen molar-refractivity contribution in [3.05, 3.63) is 115 Å². The molecule has 28 heteroatoms. The topological polar surface area (TPSA) is 306 Å². The van der Waals surface area contributed by atoms with E-state index in [9.17, 15) is 46.5 Å². The largest absolute Gasteiger partial charge is 0.484 e. The maximum absolute atomic E-state index is 13.5. The van der Waals surface area contributed by atoms with Gasteiger partial charge in [-0.25, -0.2) is 26.4 Å². The standard InChI is InChI=1S/C60H76Cl2N12O12S2/c1-37-27-43(9-11-53(37)85-55-47-31-41(61)29-39(35-63)45(47)33-51(55)71(3)4)87(79,80)69-49-13-19-73(57(49)75)21-25-83-23-17-67-59(77)65-15-7-8-16-66-60(78)68-18-24-84-26-22-74-20-14-50(58(74)76)70-88(81,82)44-10-12-54(38(2)28-44)86-56-48-32-42(62)30-40(36-64)46(48)34-52(56)72(5)6/h9-12,27-32,49-52,55-56,69-70H,7-8,13-26,33-34H2,1-6H3,(H2,65,67,77)(H2,66,68,78)/t49-,50-,51-,52-,55-,56-/m0/s1. The molecule has 6 atom stereocenters. The summed E-state index contributed by atoms with van der Waals surface area (Å²) in [7, 11) is -0.424. The first-order valence-electron chi connectivity index (χ1n) is 29.1. The fourth-order valence-corrected chi connectivity index (χ4v) is 14.4. The molecule has 0 aromatic heterocycles. The molecule has 2 saturated heterocycles. The van der Waals surface area contributed by atoms with Crippen LogP contribution in [0.25, 0.3) is 0 Å². The number of rotatable bonds is 29. The normalized spacial score (nSPS) is 19.8. The molecular weight excluding hydrogens is 1220 g/mol. The van der Waals surface area contributed by atoms with E-state index in [0.717, 1.165) is 22.3 Å². The first-order valence-corrected chi connectivity index (χ1v) is 32.8. The quantitative estimate of drug-likeness (QED) is 0.0410. The third-order valence-corrected chi connectivity index (χ3v) is 19.4. The van der Waals surface area contributed by atoms with Gasteiger partial charge in [-0.15, -0.1) is 0 Å². The highest BCUT2D eigenvalue weighted by Gasteiger charge is 2.41. The number of urea groups is 2. The number of nitrogens with zero attached hydrogens (tertiary/aromatic N) is 6. The molecule has 2 fully saturated rings. The third kappa shape index (κ3) is 16.7. The first kappa shape index (κ1) is 67.1. The summed E-state index contributed by atoms with van der Waals surface area (Å²) in [6.07, 6.45) is 2.05. The number of fused-ring (bicyclic) bond motifs is 2. The van der Waals surface area contributed by atoms with E-state index in [1.807, 2.05) is 50.1 Å². The van der Waals surface area contributed by atoms with Gasteiger partial charge in [-0.2, -0.15) is 20.0 Å². The molecule has 0 spiro atoms. The van der Waals surface area contributed by atoms with Crippen LogP contribution >= 0.6 is 23.2 Å². The zero-order valence-electron chi connectivity index (χ0n) is 50.1. The Morgan fingerprint density at radius 1 is 0.591 bits per heavy atom. The number of ether oxygens (including phenoxy) is 4. The number of nitrogens with one attached hydrogen (secondary N) is 6. The Balaban J connectivity index is 0.628. The number of benzene rings is 4. The molecule has 6 amide bonds. The fourth-order valence-electron chi connectivity index (χ4n) is 11.3. The minimum Gasteiger partial charge on any atom is -0.484 e. The van der Waals surface area contributed by atoms with Crippen LogP contribution in [-0.2, 0) is 52.0 Å². The van der Waals surface area contributed by atoms with Crippen molar-refractivity contribution in [2.45, 2.75) is 98.5 Å². The summed E-state index contributed by atoms with van der Waals surface area (Å²) in [6, 6.07) is 17.6. The molecule has 4 aliphatic rings. The molecule has 0 radical (unpaired) electrons. The van der Waals surface area contributed by atoms with E-state index in [-0.39, 0.29) is 111 Å². The van der Waals surface area contributed by atoms with E-state index in [0.29, 0.717) is 95.7 Å². The van der Waals surface area contributed by atoms with E-state index in [1.54, 1.807) is 38.1 Å². The molecule has 0 unspecified atom stereocenters. The summed E-state index contributed by atoms with van der Waals surface area (Å²) < 4.78 is 83.4. The maximum atomic E-state index is 13.5. The number of hydrogen-bond acceptors (Lipinski definition) is 16. The number of amides is 6. The molecule has 4 aromatic carbocycles. The highest BCUT2D eigenvalue weighted by atomic mass is 35.5. The van der Waals surface area contributed by atoms with Gasteiger partial charge in [0.25, 0.3) is 0 Å². The van der Waals surface area contributed by atoms with Crippen LogP contribution in [-0.4, -0.2) is 191 Å². The van der Waals surface area contributed by atoms with Crippen LogP contribution in [0.1, 0.15) is 82.4 Å². The molecule has 0 saturated carbocycles. The maximum Gasteiger partial charge on any atom is 0.314 e. The lowest BCUT2D eigenvalue weighted by Crippen LogP contribution is -2.42. The van der Waals surface area contributed by atoms with E-state index >= 15 is 0 Å². The molecule has 474 valence electrons. The first-order chi connectivity index (χ1) is 42.0. The predicted molar refractivity (Wildman–Crippen MR) is 328 cm³/mol. The third-order valence-electron chi connectivity index (χ3n) is 16.1. The van der Waals surface area contributed by atoms with Crippen molar-refractivity contribution in [2.24, 2.45) is 0 Å². The second-order valence-corrected chi connectivity index (χ2v) is 26.8. The Morgan fingerprint density at radius 3 is 1.34 bits per heavy atom. The van der Waals surface area contributed by atoms with Crippen LogP contribution in [0.15, 0.2) is 70.5 Å². The number of unbranched alkanes of at least 4 members (excludes halogenated alkanes) is 1. The summed E-state index contributed by atoms with van der Waals surface area (Å²) in [4.78, 5) is 58.1. The summed E-state index contributed by atoms with van der Waals surface area (Å²) in [6.45, 7) is 6.58. The Labute approximate surface area is 524 Å². The van der Waals surface area contributed by atoms with Crippen LogP contribution in [0.2, 0.25) is 10.0 Å². The van der Waals surface area contributed by atoms with Gasteiger partial charge in [0.05, 0.1) is 71.6 Å². The minimum absolute atomic E-state index is 0.00933. The fraction of sp³-hybridized carbons (Fsp3) is 0.500. The monoisotopic (exact) mass is 1290 g/mol. The van der Waals surface area contributed by atoms with Gasteiger partial charge in [-0.05, 0) is 175 Å². The molecule has 4 aromatic rings. The van der Waals surface area contributed by atoms with Crippen molar-refractivity contribution in [1.29, 1.82) is 10.5 Å². The Morgan fingerprint density at radius 2 is 0.977 bits per heavy atom. The molecule has 0 bridgehead atoms. The minimum atomic E-state index is -4.08. The summed E-state index contributed by atoms with van der Waals surface area (Å²) in [5.74, 6) is 0.237. The number of carbonyl (C=O) groups excluding carboxylic acids is 4. The van der Waals surface area contributed by atoms with E-state index in [2.05, 4.69) is 42.8 Å². The zero-order chi connectivity index (χ0) is 63.5. The zero-order valence-corrected chi connectivity index (χ0v) is 53.3. The number of likely N-dealkylation sites (tertiary alicyclic amines) is 2. The van der Waals surface area contributed by atoms with Crippen LogP contribution in [0.3, 0.4) is 0 Å². The number of likely N-dealkylation sites (N-methyl/N-ethyl adjacent to an activating group) is 2. The Kier molecular flexibility index (Phi) is 23.0. The van der Waals surface area contributed by atoms with Gasteiger partial charge in [0.2, 0.25) is 31.9 Å². The molecule has 2 heterocycles. The van der Waals surface area contributed by atoms with Crippen molar-refractivity contribution >= 4 is 67.1 Å². The Bertz CT molecular complexity index is 3320. The van der Waals surface area contributed by atoms with Crippen LogP contribution in [0.5, 0.6) is 11.5 Å². The number of halogens is 2. The van der Waals surface area contributed by atoms with Gasteiger partial charge in [0.1, 0.15) is 35.8 Å². The predicted octanol–water partition coefficient (Wildman–Crippen LogP) is 4.44. The van der Waals surface area contributed by atoms with Crippen molar-refractivity contribution < 1.29 is 55.0 Å². The molecule has 2 aliphatic carbocycles. The molecule has 2 aliphatic heterocycles. The number of sulfonamides is 2. The van der Waals surface area contributed by atoms with Crippen molar-refractivity contribution in [3.63, 3.8) is 0 Å². The lowest BCUT2D eigenvalue weighted by atomic mass is 10.0. The highest BCUT2D eigenvalue weighted by molar-refractivity contribution is 7.89. The van der Waals surface area contributed by atoms with Crippen LogP contribution in [0, 0.1) is 36.5 Å². The molecule has 88 heavy (non-hydrogen) atoms. The SMILES string of the molecule is Cc1cc(S(=O)(=O)N[C@H]2CCN(CCOCCNC(=O)NCCCCNC(=O)NCCOCCN3CC[C@H](NS(=O)(=O)c4ccc(O[C@H]5c6cc(Cl)cc(C#N)c6C[C@@H]5N(C)C)c(C)c4)C3=O)C2=O)ccc1O[C@H]1c2cc(Cl)cc(C#N)c2C[C@@H]1N(C)C. The average Bonchev–Trinajstić information content (AvgIpc) is 1.71. The second-order valence-electron chi connectivity index (χ2n) is 22.5. The summed E-state index contributed by atoms with van der Waals surface area (Å²) in [5, 5.41) is 31.2. The van der Waals surface area contributed by atoms with Gasteiger partial charge >= 0.3 is 12.1 Å². The van der Waals surface area contributed by atoms with Crippen molar-refractivity contribution in [3.8, 4) is 23.6 Å². The van der Waals surface area contributed by atoms with E-state index < -0.39 is 44.3 Å². The Hall–Kier alpha value is -6.82. The molecule has 8 rings (SSSR count). The lowest BCUT2D eigenvalue weighted by molar-refractivity contribution is -0.130. The molecule has 6 N–H and O–H groups in total. The van der Waals surface area contributed by atoms with Gasteiger partial charge in [0.15, 0.2) is 0 Å². The molecule has 24 nitrogen and oxygen atoms in total. The van der Waals surface area contributed by atoms with Crippen LogP contribution in [0.4, 0.5) is 9.59 Å². The molecular formula is C60H76Cl2N12O12S2. The van der Waals surface area contributed by atoms with E-state index in [1.165, 1.54) is 34.1 Å². The van der Waals surface area contributed by atoms with Crippen molar-refractivity contribution in [2.75, 3.05) is 107 Å². The van der Waals surface area contributed by atoms with Gasteiger partial charge < -0.3 is 59.8 Å². The van der Waals surface area contributed by atoms with E-state index in [4.69, 9.17) is 42.1 Å². The van der Waals surface area contributed by atoms with Crippen molar-refractivity contribution in [1.82, 2.24) is 50.3 Å². The number of aryl methyl sites for hydroxylation is 2. The number of nitriles is 2. The van der Waals surface area contributed by atoms with Gasteiger partial charge in [-0.3, -0.25) is 9.59 Å². The summed E-state index contributed by atoms with van der Waals surface area (Å²) >= 11 is 12.7. The average molecular weight is 1290 g/mol. The van der Waals surface area contributed by atoms with Crippen LogP contribution < -0.4 is 40.2 Å². The number of hydrogen-bond donors (Lipinski definition) is 6. The second kappa shape index (κ2) is 30.1. The number of carbonyl (C=O) groups is 4. The lowest BCUT2D eigenvalue weighted by Gasteiger charge is -2.28. The van der Waals surface area contributed by atoms with Gasteiger partial charge in [-0.1, -0.05) is 23.2 Å². The highest BCUT2D eigenvalue weighted by Crippen LogP contribution is 2.43. The van der Waals surface area contributed by atoms with Gasteiger partial charge in [0, 0.05) is 62.4 Å².